The maximum atomic E-state index is 12.7. The van der Waals surface area contributed by atoms with Gasteiger partial charge < -0.3 is 15.0 Å². The van der Waals surface area contributed by atoms with Crippen LogP contribution in [0.5, 0.6) is 0 Å². The van der Waals surface area contributed by atoms with Gasteiger partial charge in [-0.3, -0.25) is 9.78 Å². The third-order valence-corrected chi connectivity index (χ3v) is 4.34. The van der Waals surface area contributed by atoms with Crippen LogP contribution in [0.1, 0.15) is 24.2 Å². The summed E-state index contributed by atoms with van der Waals surface area (Å²) in [6, 6.07) is 9.23. The highest BCUT2D eigenvalue weighted by Gasteiger charge is 2.38. The molecule has 0 bridgehead atoms. The van der Waals surface area contributed by atoms with Crippen molar-refractivity contribution < 1.29 is 14.3 Å². The van der Waals surface area contributed by atoms with Crippen LogP contribution in [0.25, 0.3) is 0 Å². The fraction of sp³-hybridized carbons (Fsp3) is 0.278. The average molecular weight is 404 g/mol. The van der Waals surface area contributed by atoms with E-state index < -0.39 is 11.5 Å². The molecule has 0 atom stereocenters. The molecule has 1 aromatic heterocycles. The number of carbonyl (C=O) groups is 2. The average Bonchev–Trinajstić information content (AvgIpc) is 2.58. The molecule has 0 unspecified atom stereocenters. The molecule has 0 fully saturated rings. The molecule has 3 rings (SSSR count). The van der Waals surface area contributed by atoms with Crippen LogP contribution in [0.2, 0.25) is 0 Å². The number of amides is 1. The Hall–Kier alpha value is -2.41. The number of esters is 1. The Morgan fingerprint density at radius 3 is 2.84 bits per heavy atom. The standard InChI is InChI=1S/C18H18BrN3O3/c1-18(2)17(24)22(15-6-4-3-5-14(15)21-18)7-8-25-16(23)12-9-13(19)11-20-10-12/h3-6,9-11,21H,7-8H2,1-2H3. The van der Waals surface area contributed by atoms with Crippen molar-refractivity contribution >= 4 is 39.2 Å². The molecule has 0 radical (unpaired) electrons. The van der Waals surface area contributed by atoms with Gasteiger partial charge in [-0.2, -0.15) is 0 Å². The summed E-state index contributed by atoms with van der Waals surface area (Å²) in [7, 11) is 0. The number of nitrogens with zero attached hydrogens (tertiary/aromatic N) is 2. The first-order chi connectivity index (χ1) is 11.9. The summed E-state index contributed by atoms with van der Waals surface area (Å²) in [6.07, 6.45) is 3.04. The number of hydrogen-bond donors (Lipinski definition) is 1. The van der Waals surface area contributed by atoms with Gasteiger partial charge in [-0.25, -0.2) is 4.79 Å². The SMILES string of the molecule is CC1(C)Nc2ccccc2N(CCOC(=O)c2cncc(Br)c2)C1=O. The first-order valence-corrected chi connectivity index (χ1v) is 8.64. The van der Waals surface area contributed by atoms with E-state index in [2.05, 4.69) is 26.2 Å². The predicted molar refractivity (Wildman–Crippen MR) is 98.7 cm³/mol. The molecular formula is C18H18BrN3O3. The Morgan fingerprint density at radius 1 is 1.32 bits per heavy atom. The second kappa shape index (κ2) is 6.84. The Balaban J connectivity index is 1.70. The molecule has 130 valence electrons. The summed E-state index contributed by atoms with van der Waals surface area (Å²) < 4.78 is 6.01. The van der Waals surface area contributed by atoms with Crippen LogP contribution in [0.4, 0.5) is 11.4 Å². The normalized spacial score (nSPS) is 15.3. The molecule has 1 N–H and O–H groups in total. The van der Waals surface area contributed by atoms with Crippen LogP contribution in [0, 0.1) is 0 Å². The van der Waals surface area contributed by atoms with Crippen molar-refractivity contribution in [3.63, 3.8) is 0 Å². The minimum absolute atomic E-state index is 0.0635. The van der Waals surface area contributed by atoms with Gasteiger partial charge in [-0.1, -0.05) is 12.1 Å². The number of carbonyl (C=O) groups excluding carboxylic acids is 2. The molecule has 2 aromatic rings. The molecule has 25 heavy (non-hydrogen) atoms. The monoisotopic (exact) mass is 403 g/mol. The number of para-hydroxylation sites is 2. The molecule has 0 saturated heterocycles. The highest BCUT2D eigenvalue weighted by atomic mass is 79.9. The van der Waals surface area contributed by atoms with Gasteiger partial charge in [0.25, 0.3) is 5.91 Å². The quantitative estimate of drug-likeness (QED) is 0.793. The van der Waals surface area contributed by atoms with Crippen LogP contribution in [-0.2, 0) is 9.53 Å². The number of rotatable bonds is 4. The van der Waals surface area contributed by atoms with Crippen molar-refractivity contribution in [1.82, 2.24) is 4.98 Å². The number of anilines is 2. The third kappa shape index (κ3) is 3.66. The van der Waals surface area contributed by atoms with E-state index in [9.17, 15) is 9.59 Å². The van der Waals surface area contributed by atoms with E-state index in [0.29, 0.717) is 10.0 Å². The van der Waals surface area contributed by atoms with Crippen molar-refractivity contribution in [2.24, 2.45) is 0 Å². The maximum Gasteiger partial charge on any atom is 0.339 e. The first-order valence-electron chi connectivity index (χ1n) is 7.85. The lowest BCUT2D eigenvalue weighted by Crippen LogP contribution is -2.54. The minimum atomic E-state index is -0.716. The van der Waals surface area contributed by atoms with E-state index in [1.165, 1.54) is 6.20 Å². The van der Waals surface area contributed by atoms with Gasteiger partial charge in [0, 0.05) is 16.9 Å². The third-order valence-electron chi connectivity index (χ3n) is 3.91. The smallest absolute Gasteiger partial charge is 0.339 e. The molecule has 0 saturated carbocycles. The molecule has 7 heteroatoms. The van der Waals surface area contributed by atoms with Crippen molar-refractivity contribution in [2.75, 3.05) is 23.4 Å². The first kappa shape index (κ1) is 17.4. The second-order valence-corrected chi connectivity index (χ2v) is 7.17. The van der Waals surface area contributed by atoms with Gasteiger partial charge in [0.05, 0.1) is 23.5 Å². The fourth-order valence-electron chi connectivity index (χ4n) is 2.71. The lowest BCUT2D eigenvalue weighted by Gasteiger charge is -2.39. The van der Waals surface area contributed by atoms with E-state index in [4.69, 9.17) is 4.74 Å². The molecule has 0 aliphatic carbocycles. The lowest BCUT2D eigenvalue weighted by atomic mass is 9.98. The highest BCUT2D eigenvalue weighted by Crippen LogP contribution is 2.34. The summed E-state index contributed by atoms with van der Waals surface area (Å²) in [5.41, 5.74) is 1.32. The molecule has 1 amide bonds. The van der Waals surface area contributed by atoms with E-state index in [0.717, 1.165) is 11.4 Å². The number of hydrogen-bond acceptors (Lipinski definition) is 5. The summed E-state index contributed by atoms with van der Waals surface area (Å²) in [4.78, 5) is 30.4. The zero-order chi connectivity index (χ0) is 18.0. The van der Waals surface area contributed by atoms with Gasteiger partial charge in [0.15, 0.2) is 0 Å². The molecule has 2 heterocycles. The van der Waals surface area contributed by atoms with Gasteiger partial charge in [0.2, 0.25) is 0 Å². The molecule has 1 aliphatic rings. The molecular weight excluding hydrogens is 386 g/mol. The number of nitrogens with one attached hydrogen (secondary N) is 1. The van der Waals surface area contributed by atoms with Gasteiger partial charge in [-0.15, -0.1) is 0 Å². The number of pyridine rings is 1. The largest absolute Gasteiger partial charge is 0.460 e. The van der Waals surface area contributed by atoms with E-state index in [-0.39, 0.29) is 19.1 Å². The predicted octanol–water partition coefficient (Wildman–Crippen LogP) is 3.24. The Kier molecular flexibility index (Phi) is 4.76. The van der Waals surface area contributed by atoms with Crippen molar-refractivity contribution in [2.45, 2.75) is 19.4 Å². The van der Waals surface area contributed by atoms with Gasteiger partial charge >= 0.3 is 5.97 Å². The van der Waals surface area contributed by atoms with Crippen LogP contribution in [0.15, 0.2) is 47.2 Å². The number of aromatic nitrogens is 1. The minimum Gasteiger partial charge on any atom is -0.460 e. The number of ether oxygens (including phenoxy) is 1. The van der Waals surface area contributed by atoms with Crippen LogP contribution in [-0.4, -0.2) is 35.6 Å². The summed E-state index contributed by atoms with van der Waals surface area (Å²) in [5.74, 6) is -0.532. The van der Waals surface area contributed by atoms with Crippen molar-refractivity contribution in [1.29, 1.82) is 0 Å². The summed E-state index contributed by atoms with van der Waals surface area (Å²) in [6.45, 7) is 4.05. The maximum absolute atomic E-state index is 12.7. The Morgan fingerprint density at radius 2 is 2.08 bits per heavy atom. The van der Waals surface area contributed by atoms with Gasteiger partial charge in [-0.05, 0) is 48.0 Å². The van der Waals surface area contributed by atoms with Crippen LogP contribution < -0.4 is 10.2 Å². The van der Waals surface area contributed by atoms with Crippen LogP contribution >= 0.6 is 15.9 Å². The van der Waals surface area contributed by atoms with Gasteiger partial charge in [0.1, 0.15) is 12.1 Å². The Labute approximate surface area is 154 Å². The van der Waals surface area contributed by atoms with Crippen molar-refractivity contribution in [3.05, 3.63) is 52.8 Å². The summed E-state index contributed by atoms with van der Waals surface area (Å²) in [5, 5.41) is 3.23. The lowest BCUT2D eigenvalue weighted by molar-refractivity contribution is -0.122. The highest BCUT2D eigenvalue weighted by molar-refractivity contribution is 9.10. The second-order valence-electron chi connectivity index (χ2n) is 6.25. The number of benzene rings is 1. The zero-order valence-electron chi connectivity index (χ0n) is 14.0. The van der Waals surface area contributed by atoms with Crippen molar-refractivity contribution in [3.8, 4) is 0 Å². The van der Waals surface area contributed by atoms with E-state index >= 15 is 0 Å². The van der Waals surface area contributed by atoms with Crippen LogP contribution in [0.3, 0.4) is 0 Å². The molecule has 0 spiro atoms. The Bertz CT molecular complexity index is 823. The topological polar surface area (TPSA) is 71.5 Å². The van der Waals surface area contributed by atoms with E-state index in [1.54, 1.807) is 17.2 Å². The zero-order valence-corrected chi connectivity index (χ0v) is 15.5. The number of fused-ring (bicyclic) bond motifs is 1. The summed E-state index contributed by atoms with van der Waals surface area (Å²) >= 11 is 3.27. The molecule has 1 aliphatic heterocycles. The fourth-order valence-corrected chi connectivity index (χ4v) is 3.07. The molecule has 1 aromatic carbocycles. The molecule has 6 nitrogen and oxygen atoms in total. The number of halogens is 1. The van der Waals surface area contributed by atoms with E-state index in [1.807, 2.05) is 38.1 Å².